The Morgan fingerprint density at radius 1 is 1.07 bits per heavy atom. The first-order valence-corrected chi connectivity index (χ1v) is 11.3. The number of ether oxygens (including phenoxy) is 2. The molecule has 0 saturated carbocycles. The highest BCUT2D eigenvalue weighted by Crippen LogP contribution is 2.28. The van der Waals surface area contributed by atoms with Gasteiger partial charge < -0.3 is 20.3 Å². The predicted octanol–water partition coefficient (Wildman–Crippen LogP) is 4.22. The van der Waals surface area contributed by atoms with E-state index in [1.165, 1.54) is 23.1 Å². The van der Waals surface area contributed by atoms with Gasteiger partial charge >= 0.3 is 0 Å². The molecule has 2 atom stereocenters. The summed E-state index contributed by atoms with van der Waals surface area (Å²) in [7, 11) is 0. The lowest BCUT2D eigenvalue weighted by atomic mass is 9.85. The number of nitrogens with two attached hydrogens (primary N) is 1. The van der Waals surface area contributed by atoms with Crippen LogP contribution in [0.4, 0.5) is 0 Å². The van der Waals surface area contributed by atoms with E-state index in [1.807, 2.05) is 0 Å². The fraction of sp³-hybridized carbons (Fsp3) is 0.750. The van der Waals surface area contributed by atoms with Crippen LogP contribution in [0, 0.1) is 5.92 Å². The van der Waals surface area contributed by atoms with Gasteiger partial charge in [0.15, 0.2) is 0 Å². The van der Waals surface area contributed by atoms with Crippen molar-refractivity contribution in [3.63, 3.8) is 0 Å². The maximum absolute atomic E-state index is 8.99. The van der Waals surface area contributed by atoms with Crippen molar-refractivity contribution in [2.45, 2.75) is 77.2 Å². The van der Waals surface area contributed by atoms with Gasteiger partial charge in [-0.25, -0.2) is 0 Å². The van der Waals surface area contributed by atoms with E-state index in [4.69, 9.17) is 20.3 Å². The SMILES string of the molecule is CC(C)CCCOCCO[C@H]1CCc2cc([C@H](CN)CCCCO)ccc2C1. The minimum atomic E-state index is 0.270. The first-order valence-electron chi connectivity index (χ1n) is 11.3. The smallest absolute Gasteiger partial charge is 0.0704 e. The van der Waals surface area contributed by atoms with Crippen molar-refractivity contribution in [2.24, 2.45) is 11.7 Å². The fourth-order valence-electron chi connectivity index (χ4n) is 4.03. The highest BCUT2D eigenvalue weighted by atomic mass is 16.5. The highest BCUT2D eigenvalue weighted by Gasteiger charge is 2.20. The number of hydrogen-bond donors (Lipinski definition) is 2. The molecule has 1 aliphatic carbocycles. The lowest BCUT2D eigenvalue weighted by Gasteiger charge is -2.26. The van der Waals surface area contributed by atoms with E-state index in [1.54, 1.807) is 0 Å². The Bertz CT molecular complexity index is 547. The minimum Gasteiger partial charge on any atom is -0.396 e. The van der Waals surface area contributed by atoms with Crippen molar-refractivity contribution in [3.8, 4) is 0 Å². The Balaban J connectivity index is 1.73. The third-order valence-corrected chi connectivity index (χ3v) is 5.78. The van der Waals surface area contributed by atoms with Crippen LogP contribution in [0.5, 0.6) is 0 Å². The second-order valence-electron chi connectivity index (χ2n) is 8.56. The molecular formula is C24H41NO3. The maximum Gasteiger partial charge on any atom is 0.0704 e. The summed E-state index contributed by atoms with van der Waals surface area (Å²) in [4.78, 5) is 0. The quantitative estimate of drug-likeness (QED) is 0.466. The molecule has 0 radical (unpaired) electrons. The second kappa shape index (κ2) is 13.3. The first kappa shape index (κ1) is 23.3. The molecule has 1 aliphatic rings. The summed E-state index contributed by atoms with van der Waals surface area (Å²) in [6, 6.07) is 6.88. The Hall–Kier alpha value is -0.940. The number of unbranched alkanes of at least 4 members (excludes halogenated alkanes) is 1. The van der Waals surface area contributed by atoms with E-state index in [-0.39, 0.29) is 6.61 Å². The second-order valence-corrected chi connectivity index (χ2v) is 8.56. The minimum absolute atomic E-state index is 0.270. The summed E-state index contributed by atoms with van der Waals surface area (Å²) >= 11 is 0. The maximum atomic E-state index is 8.99. The van der Waals surface area contributed by atoms with Crippen LogP contribution in [-0.2, 0) is 22.3 Å². The molecule has 0 unspecified atom stereocenters. The predicted molar refractivity (Wildman–Crippen MR) is 116 cm³/mol. The summed E-state index contributed by atoms with van der Waals surface area (Å²) in [5.74, 6) is 1.15. The average Bonchev–Trinajstić information content (AvgIpc) is 2.70. The molecule has 0 bridgehead atoms. The Labute approximate surface area is 171 Å². The molecule has 0 heterocycles. The van der Waals surface area contributed by atoms with Gasteiger partial charge in [0.25, 0.3) is 0 Å². The normalized spacial score (nSPS) is 17.7. The van der Waals surface area contributed by atoms with Gasteiger partial charge in [0, 0.05) is 13.2 Å². The molecule has 0 aromatic heterocycles. The van der Waals surface area contributed by atoms with Crippen LogP contribution in [0.1, 0.15) is 75.0 Å². The number of rotatable bonds is 14. The van der Waals surface area contributed by atoms with Crippen molar-refractivity contribution in [3.05, 3.63) is 34.9 Å². The van der Waals surface area contributed by atoms with Gasteiger partial charge in [0.1, 0.15) is 0 Å². The van der Waals surface area contributed by atoms with Crippen molar-refractivity contribution >= 4 is 0 Å². The molecule has 0 saturated heterocycles. The number of aryl methyl sites for hydroxylation is 1. The largest absolute Gasteiger partial charge is 0.396 e. The molecular weight excluding hydrogens is 350 g/mol. The molecule has 0 fully saturated rings. The standard InChI is InChI=1S/C24H41NO3/c1-19(2)6-5-13-27-14-15-28-24-11-10-20-16-21(8-9-22(20)17-24)23(18-25)7-3-4-12-26/h8-9,16,19,23-24,26H,3-7,10-15,17-18,25H2,1-2H3/t23-,24-/m0/s1. The number of aliphatic hydroxyl groups is 1. The van der Waals surface area contributed by atoms with E-state index in [0.717, 1.165) is 57.5 Å². The van der Waals surface area contributed by atoms with E-state index in [2.05, 4.69) is 32.0 Å². The molecule has 4 nitrogen and oxygen atoms in total. The molecule has 160 valence electrons. The Morgan fingerprint density at radius 2 is 1.93 bits per heavy atom. The summed E-state index contributed by atoms with van der Waals surface area (Å²) < 4.78 is 11.7. The summed E-state index contributed by atoms with van der Waals surface area (Å²) in [5.41, 5.74) is 10.2. The highest BCUT2D eigenvalue weighted by molar-refractivity contribution is 5.36. The topological polar surface area (TPSA) is 64.7 Å². The molecule has 0 spiro atoms. The summed E-state index contributed by atoms with van der Waals surface area (Å²) in [6.45, 7) is 7.69. The van der Waals surface area contributed by atoms with Gasteiger partial charge in [-0.1, -0.05) is 38.5 Å². The third kappa shape index (κ3) is 8.20. The Morgan fingerprint density at radius 3 is 2.68 bits per heavy atom. The summed E-state index contributed by atoms with van der Waals surface area (Å²) in [6.07, 6.45) is 8.80. The van der Waals surface area contributed by atoms with Crippen molar-refractivity contribution in [1.82, 2.24) is 0 Å². The van der Waals surface area contributed by atoms with Gasteiger partial charge in [-0.05, 0) is 80.0 Å². The molecule has 1 aromatic rings. The Kier molecular flexibility index (Phi) is 11.1. The van der Waals surface area contributed by atoms with E-state index < -0.39 is 0 Å². The lowest BCUT2D eigenvalue weighted by molar-refractivity contribution is -0.00137. The zero-order chi connectivity index (χ0) is 20.2. The van der Waals surface area contributed by atoms with Gasteiger partial charge in [-0.15, -0.1) is 0 Å². The van der Waals surface area contributed by atoms with E-state index in [9.17, 15) is 0 Å². The summed E-state index contributed by atoms with van der Waals surface area (Å²) in [5, 5.41) is 8.99. The zero-order valence-electron chi connectivity index (χ0n) is 18.0. The van der Waals surface area contributed by atoms with E-state index >= 15 is 0 Å². The third-order valence-electron chi connectivity index (χ3n) is 5.78. The van der Waals surface area contributed by atoms with Crippen LogP contribution in [0.3, 0.4) is 0 Å². The fourth-order valence-corrected chi connectivity index (χ4v) is 4.03. The number of fused-ring (bicyclic) bond motifs is 1. The molecule has 2 rings (SSSR count). The lowest BCUT2D eigenvalue weighted by Crippen LogP contribution is -2.24. The number of aliphatic hydroxyl groups excluding tert-OH is 1. The van der Waals surface area contributed by atoms with Crippen LogP contribution in [0.2, 0.25) is 0 Å². The molecule has 1 aromatic carbocycles. The van der Waals surface area contributed by atoms with E-state index in [0.29, 0.717) is 31.8 Å². The molecule has 28 heavy (non-hydrogen) atoms. The molecule has 4 heteroatoms. The van der Waals surface area contributed by atoms with Crippen LogP contribution in [0.15, 0.2) is 18.2 Å². The zero-order valence-corrected chi connectivity index (χ0v) is 18.0. The molecule has 0 amide bonds. The first-order chi connectivity index (χ1) is 13.6. The van der Waals surface area contributed by atoms with Crippen molar-refractivity contribution in [2.75, 3.05) is 33.0 Å². The number of benzene rings is 1. The van der Waals surface area contributed by atoms with Gasteiger partial charge in [-0.2, -0.15) is 0 Å². The van der Waals surface area contributed by atoms with Crippen molar-refractivity contribution < 1.29 is 14.6 Å². The van der Waals surface area contributed by atoms with Crippen LogP contribution in [0.25, 0.3) is 0 Å². The average molecular weight is 392 g/mol. The van der Waals surface area contributed by atoms with Gasteiger partial charge in [0.2, 0.25) is 0 Å². The number of hydrogen-bond acceptors (Lipinski definition) is 4. The van der Waals surface area contributed by atoms with Gasteiger partial charge in [0.05, 0.1) is 19.3 Å². The van der Waals surface area contributed by atoms with Crippen LogP contribution in [-0.4, -0.2) is 44.2 Å². The van der Waals surface area contributed by atoms with Crippen molar-refractivity contribution in [1.29, 1.82) is 0 Å². The van der Waals surface area contributed by atoms with Crippen LogP contribution < -0.4 is 5.73 Å². The monoisotopic (exact) mass is 391 g/mol. The van der Waals surface area contributed by atoms with Crippen LogP contribution >= 0.6 is 0 Å². The molecule has 0 aliphatic heterocycles. The van der Waals surface area contributed by atoms with Gasteiger partial charge in [-0.3, -0.25) is 0 Å². The molecule has 3 N–H and O–H groups in total.